The van der Waals surface area contributed by atoms with Crippen molar-refractivity contribution in [3.05, 3.63) is 36.4 Å². The van der Waals surface area contributed by atoms with Crippen LogP contribution in [0.25, 0.3) is 11.3 Å². The molecule has 0 aliphatic rings. The Morgan fingerprint density at radius 1 is 1.21 bits per heavy atom. The molecule has 2 aromatic rings. The molecule has 0 saturated heterocycles. The van der Waals surface area contributed by atoms with Crippen molar-refractivity contribution in [1.29, 1.82) is 0 Å². The van der Waals surface area contributed by atoms with Gasteiger partial charge in [-0.1, -0.05) is 6.92 Å². The molecule has 1 heterocycles. The van der Waals surface area contributed by atoms with Crippen LogP contribution < -0.4 is 10.1 Å². The van der Waals surface area contributed by atoms with Crippen molar-refractivity contribution in [2.24, 2.45) is 0 Å². The number of nitrogens with one attached hydrogen (secondary N) is 1. The summed E-state index contributed by atoms with van der Waals surface area (Å²) >= 11 is 0. The molecular weight excluding hydrogens is 240 g/mol. The van der Waals surface area contributed by atoms with E-state index < -0.39 is 0 Å². The fourth-order valence-electron chi connectivity index (χ4n) is 1.78. The molecule has 19 heavy (non-hydrogen) atoms. The highest BCUT2D eigenvalue weighted by molar-refractivity contribution is 5.57. The Balaban J connectivity index is 2.01. The van der Waals surface area contributed by atoms with Crippen molar-refractivity contribution >= 4 is 0 Å². The van der Waals surface area contributed by atoms with Crippen LogP contribution in [0.1, 0.15) is 26.2 Å². The zero-order valence-corrected chi connectivity index (χ0v) is 11.5. The van der Waals surface area contributed by atoms with Crippen molar-refractivity contribution in [3.8, 4) is 17.1 Å². The van der Waals surface area contributed by atoms with Crippen molar-refractivity contribution < 1.29 is 9.15 Å². The first-order valence-corrected chi connectivity index (χ1v) is 6.72. The van der Waals surface area contributed by atoms with Crippen LogP contribution in [-0.2, 0) is 6.54 Å². The average molecular weight is 260 g/mol. The molecule has 102 valence electrons. The summed E-state index contributed by atoms with van der Waals surface area (Å²) in [5.41, 5.74) is 1.01. The minimum absolute atomic E-state index is 0.671. The lowest BCUT2D eigenvalue weighted by atomic mass is 10.2. The second-order valence-corrected chi connectivity index (χ2v) is 4.25. The van der Waals surface area contributed by atoms with Gasteiger partial charge >= 0.3 is 0 Å². The zero-order chi connectivity index (χ0) is 13.5. The van der Waals surface area contributed by atoms with Gasteiger partial charge in [0.05, 0.1) is 19.3 Å². The fraction of sp³-hybridized carbons (Fsp3) is 0.400. The molecule has 0 spiro atoms. The monoisotopic (exact) mass is 260 g/mol. The van der Waals surface area contributed by atoms with Gasteiger partial charge in [0.2, 0.25) is 5.89 Å². The maximum Gasteiger partial charge on any atom is 0.208 e. The van der Waals surface area contributed by atoms with Crippen LogP contribution >= 0.6 is 0 Å². The predicted molar refractivity (Wildman–Crippen MR) is 75.1 cm³/mol. The lowest BCUT2D eigenvalue weighted by Crippen LogP contribution is -2.13. The highest BCUT2D eigenvalue weighted by atomic mass is 16.5. The van der Waals surface area contributed by atoms with Gasteiger partial charge in [0.25, 0.3) is 0 Å². The van der Waals surface area contributed by atoms with E-state index in [-0.39, 0.29) is 0 Å². The molecule has 0 radical (unpaired) electrons. The normalized spacial score (nSPS) is 10.6. The smallest absolute Gasteiger partial charge is 0.208 e. The molecule has 1 aromatic heterocycles. The van der Waals surface area contributed by atoms with Crippen LogP contribution in [0.5, 0.6) is 5.75 Å². The van der Waals surface area contributed by atoms with Gasteiger partial charge in [0.15, 0.2) is 5.76 Å². The van der Waals surface area contributed by atoms with Gasteiger partial charge in [-0.2, -0.15) is 0 Å². The van der Waals surface area contributed by atoms with Gasteiger partial charge in [-0.25, -0.2) is 4.98 Å². The van der Waals surface area contributed by atoms with Crippen molar-refractivity contribution in [3.63, 3.8) is 0 Å². The molecule has 0 unspecified atom stereocenters. The molecular formula is C15H20N2O2. The molecule has 0 fully saturated rings. The Bertz CT molecular complexity index is 491. The topological polar surface area (TPSA) is 47.3 Å². The molecule has 4 nitrogen and oxygen atoms in total. The van der Waals surface area contributed by atoms with Crippen molar-refractivity contribution in [2.75, 3.05) is 13.2 Å². The van der Waals surface area contributed by atoms with E-state index in [2.05, 4.69) is 17.2 Å². The van der Waals surface area contributed by atoms with E-state index in [0.29, 0.717) is 13.2 Å². The molecule has 0 bridgehead atoms. The maximum atomic E-state index is 5.70. The van der Waals surface area contributed by atoms with Crippen LogP contribution in [0.4, 0.5) is 0 Å². The van der Waals surface area contributed by atoms with E-state index in [1.807, 2.05) is 31.2 Å². The molecule has 4 heteroatoms. The van der Waals surface area contributed by atoms with E-state index in [1.54, 1.807) is 6.20 Å². The van der Waals surface area contributed by atoms with Gasteiger partial charge < -0.3 is 14.5 Å². The number of ether oxygens (including phenoxy) is 1. The molecule has 0 saturated carbocycles. The minimum atomic E-state index is 0.671. The summed E-state index contributed by atoms with van der Waals surface area (Å²) < 4.78 is 11.1. The van der Waals surface area contributed by atoms with Crippen molar-refractivity contribution in [2.45, 2.75) is 26.8 Å². The second-order valence-electron chi connectivity index (χ2n) is 4.25. The summed E-state index contributed by atoms with van der Waals surface area (Å²) in [5, 5.41) is 3.27. The molecule has 0 amide bonds. The summed E-state index contributed by atoms with van der Waals surface area (Å²) in [5.74, 6) is 2.38. The number of hydrogen-bond acceptors (Lipinski definition) is 4. The van der Waals surface area contributed by atoms with Crippen LogP contribution in [0.2, 0.25) is 0 Å². The highest BCUT2D eigenvalue weighted by Crippen LogP contribution is 2.23. The molecule has 0 atom stereocenters. The largest absolute Gasteiger partial charge is 0.494 e. The van der Waals surface area contributed by atoms with Crippen LogP contribution in [0, 0.1) is 0 Å². The Hall–Kier alpha value is -1.81. The minimum Gasteiger partial charge on any atom is -0.494 e. The van der Waals surface area contributed by atoms with Crippen LogP contribution in [0.15, 0.2) is 34.9 Å². The summed E-state index contributed by atoms with van der Waals surface area (Å²) in [6, 6.07) is 7.84. The number of benzene rings is 1. The molecule has 0 aliphatic heterocycles. The van der Waals surface area contributed by atoms with Crippen LogP contribution in [-0.4, -0.2) is 18.1 Å². The second kappa shape index (κ2) is 6.95. The predicted octanol–water partition coefficient (Wildman–Crippen LogP) is 3.24. The van der Waals surface area contributed by atoms with Gasteiger partial charge in [-0.3, -0.25) is 0 Å². The Labute approximate surface area is 113 Å². The van der Waals surface area contributed by atoms with Crippen molar-refractivity contribution in [1.82, 2.24) is 10.3 Å². The fourth-order valence-corrected chi connectivity index (χ4v) is 1.78. The molecule has 0 aliphatic carbocycles. The Morgan fingerprint density at radius 3 is 2.68 bits per heavy atom. The lowest BCUT2D eigenvalue weighted by Gasteiger charge is -2.03. The summed E-state index contributed by atoms with van der Waals surface area (Å²) in [6.45, 7) is 6.42. The summed E-state index contributed by atoms with van der Waals surface area (Å²) in [4.78, 5) is 4.26. The van der Waals surface area contributed by atoms with Gasteiger partial charge in [-0.05, 0) is 44.2 Å². The standard InChI is InChI=1S/C15H20N2O2/c1-3-9-16-11-15-17-10-14(19-15)12-5-7-13(8-6-12)18-4-2/h5-8,10,16H,3-4,9,11H2,1-2H3. The molecule has 1 aromatic carbocycles. The van der Waals surface area contributed by atoms with E-state index in [1.165, 1.54) is 0 Å². The lowest BCUT2D eigenvalue weighted by molar-refractivity contribution is 0.340. The third-order valence-electron chi connectivity index (χ3n) is 2.71. The number of rotatable bonds is 7. The SMILES string of the molecule is CCCNCc1ncc(-c2ccc(OCC)cc2)o1. The first kappa shape index (κ1) is 13.6. The Morgan fingerprint density at radius 2 is 2.00 bits per heavy atom. The van der Waals surface area contributed by atoms with E-state index >= 15 is 0 Å². The summed E-state index contributed by atoms with van der Waals surface area (Å²) in [7, 11) is 0. The van der Waals surface area contributed by atoms with Gasteiger partial charge in [0.1, 0.15) is 5.75 Å². The van der Waals surface area contributed by atoms with E-state index in [9.17, 15) is 0 Å². The quantitative estimate of drug-likeness (QED) is 0.776. The van der Waals surface area contributed by atoms with E-state index in [4.69, 9.17) is 9.15 Å². The third kappa shape index (κ3) is 3.83. The molecule has 2 rings (SSSR count). The first-order chi connectivity index (χ1) is 9.33. The average Bonchev–Trinajstić information content (AvgIpc) is 2.89. The number of nitrogens with zero attached hydrogens (tertiary/aromatic N) is 1. The zero-order valence-electron chi connectivity index (χ0n) is 11.5. The highest BCUT2D eigenvalue weighted by Gasteiger charge is 2.06. The number of oxazole rings is 1. The number of hydrogen-bond donors (Lipinski definition) is 1. The van der Waals surface area contributed by atoms with Gasteiger partial charge in [-0.15, -0.1) is 0 Å². The third-order valence-corrected chi connectivity index (χ3v) is 2.71. The number of aromatic nitrogens is 1. The maximum absolute atomic E-state index is 5.70. The van der Waals surface area contributed by atoms with Crippen LogP contribution in [0.3, 0.4) is 0 Å². The first-order valence-electron chi connectivity index (χ1n) is 6.72. The summed E-state index contributed by atoms with van der Waals surface area (Å²) in [6.07, 6.45) is 2.87. The Kier molecular flexibility index (Phi) is 4.98. The van der Waals surface area contributed by atoms with E-state index in [0.717, 1.165) is 35.9 Å². The molecule has 1 N–H and O–H groups in total. The van der Waals surface area contributed by atoms with Gasteiger partial charge in [0, 0.05) is 5.56 Å².